The van der Waals surface area contributed by atoms with Gasteiger partial charge in [0, 0.05) is 53.8 Å². The maximum Gasteiger partial charge on any atom is 0.269 e. The Kier molecular flexibility index (Phi) is 5.76. The lowest BCUT2D eigenvalue weighted by molar-refractivity contribution is -0.384. The lowest BCUT2D eigenvalue weighted by Gasteiger charge is -2.31. The van der Waals surface area contributed by atoms with Crippen LogP contribution in [0.1, 0.15) is 16.8 Å². The molecule has 1 N–H and O–H groups in total. The van der Waals surface area contributed by atoms with Crippen LogP contribution < -0.4 is 10.3 Å². The zero-order valence-corrected chi connectivity index (χ0v) is 16.4. The van der Waals surface area contributed by atoms with Crippen LogP contribution in [0.3, 0.4) is 0 Å². The molecule has 0 radical (unpaired) electrons. The van der Waals surface area contributed by atoms with Gasteiger partial charge in [-0.3, -0.25) is 14.3 Å². The zero-order chi connectivity index (χ0) is 20.2. The predicted molar refractivity (Wildman–Crippen MR) is 110 cm³/mol. The molecule has 11 heteroatoms. The van der Waals surface area contributed by atoms with Crippen molar-refractivity contribution >= 4 is 34.5 Å². The van der Waals surface area contributed by atoms with Crippen LogP contribution in [0.15, 0.2) is 29.4 Å². The zero-order valence-electron chi connectivity index (χ0n) is 15.6. The summed E-state index contributed by atoms with van der Waals surface area (Å²) < 4.78 is 17.5. The van der Waals surface area contributed by atoms with Crippen LogP contribution in [-0.4, -0.2) is 57.4 Å². The van der Waals surface area contributed by atoms with Gasteiger partial charge in [0.1, 0.15) is 5.82 Å². The molecular weight excluding hydrogens is 396 g/mol. The van der Waals surface area contributed by atoms with E-state index >= 15 is 0 Å². The Hall–Kier alpha value is -2.92. The van der Waals surface area contributed by atoms with E-state index in [-0.39, 0.29) is 5.69 Å². The first-order chi connectivity index (χ1) is 14.1. The first kappa shape index (κ1) is 19.4. The summed E-state index contributed by atoms with van der Waals surface area (Å²) in [5, 5.41) is 14.9. The maximum atomic E-state index is 12.1. The van der Waals surface area contributed by atoms with Gasteiger partial charge in [-0.05, 0) is 17.7 Å². The monoisotopic (exact) mass is 416 g/mol. The van der Waals surface area contributed by atoms with Crippen LogP contribution in [0.4, 0.5) is 17.5 Å². The van der Waals surface area contributed by atoms with Gasteiger partial charge in [0.25, 0.3) is 5.69 Å². The van der Waals surface area contributed by atoms with Gasteiger partial charge in [-0.15, -0.1) is 0 Å². The number of aromatic nitrogens is 2. The number of anilines is 2. The highest BCUT2D eigenvalue weighted by Crippen LogP contribution is 2.28. The smallest absolute Gasteiger partial charge is 0.269 e. The average Bonchev–Trinajstić information content (AvgIpc) is 2.74. The molecule has 2 aliphatic heterocycles. The summed E-state index contributed by atoms with van der Waals surface area (Å²) in [6.07, 6.45) is 2.19. The second-order valence-corrected chi connectivity index (χ2v) is 8.23. The van der Waals surface area contributed by atoms with Gasteiger partial charge >= 0.3 is 0 Å². The molecule has 1 fully saturated rings. The molecule has 1 atom stereocenters. The van der Waals surface area contributed by atoms with E-state index in [4.69, 9.17) is 4.74 Å². The second-order valence-electron chi connectivity index (χ2n) is 6.65. The third kappa shape index (κ3) is 4.57. The summed E-state index contributed by atoms with van der Waals surface area (Å²) in [7, 11) is -0.894. The number of morpholine rings is 1. The van der Waals surface area contributed by atoms with Crippen molar-refractivity contribution in [3.8, 4) is 0 Å². The minimum atomic E-state index is -0.894. The molecule has 1 saturated heterocycles. The molecule has 1 aromatic heterocycles. The summed E-state index contributed by atoms with van der Waals surface area (Å²) in [5.74, 6) is 2.22. The molecule has 0 amide bonds. The molecule has 0 saturated carbocycles. The minimum Gasteiger partial charge on any atom is -0.378 e. The van der Waals surface area contributed by atoms with Crippen molar-refractivity contribution in [3.63, 3.8) is 0 Å². The number of hydrogen-bond acceptors (Lipinski definition) is 9. The Labute approximate surface area is 169 Å². The Morgan fingerprint density at radius 1 is 1.24 bits per heavy atom. The summed E-state index contributed by atoms with van der Waals surface area (Å²) in [5.41, 5.74) is 5.44. The molecular formula is C18H20N6O4S. The van der Waals surface area contributed by atoms with Crippen LogP contribution in [0.25, 0.3) is 0 Å². The van der Waals surface area contributed by atoms with Gasteiger partial charge in [0.05, 0.1) is 35.8 Å². The van der Waals surface area contributed by atoms with E-state index in [1.807, 2.05) is 0 Å². The highest BCUT2D eigenvalue weighted by atomic mass is 32.2. The van der Waals surface area contributed by atoms with Crippen molar-refractivity contribution in [3.05, 3.63) is 51.2 Å². The van der Waals surface area contributed by atoms with Gasteiger partial charge in [0.2, 0.25) is 5.95 Å². The van der Waals surface area contributed by atoms with E-state index in [0.717, 1.165) is 30.2 Å². The van der Waals surface area contributed by atoms with Crippen molar-refractivity contribution in [2.24, 2.45) is 5.10 Å². The number of hydrogen-bond donors (Lipinski definition) is 1. The first-order valence-corrected chi connectivity index (χ1v) is 10.7. The number of nitro groups is 1. The molecule has 0 spiro atoms. The topological polar surface area (TPSA) is 123 Å². The Morgan fingerprint density at radius 3 is 2.72 bits per heavy atom. The second kappa shape index (κ2) is 8.62. The fourth-order valence-electron chi connectivity index (χ4n) is 3.25. The van der Waals surface area contributed by atoms with Crippen molar-refractivity contribution in [2.45, 2.75) is 12.2 Å². The van der Waals surface area contributed by atoms with Gasteiger partial charge < -0.3 is 9.64 Å². The normalized spacial score (nSPS) is 19.2. The van der Waals surface area contributed by atoms with E-state index in [0.29, 0.717) is 42.7 Å². The number of hydrazone groups is 1. The Bertz CT molecular complexity index is 960. The molecule has 1 aromatic carbocycles. The van der Waals surface area contributed by atoms with Gasteiger partial charge in [-0.2, -0.15) is 10.1 Å². The summed E-state index contributed by atoms with van der Waals surface area (Å²) in [4.78, 5) is 21.6. The van der Waals surface area contributed by atoms with Gasteiger partial charge in [0.15, 0.2) is 0 Å². The SMILES string of the molecule is O=[N+]([O-])c1ccc(/C=N/Nc2nc3c(c(N4CCOCC4)n2)CS(=O)CC3)cc1. The van der Waals surface area contributed by atoms with Crippen molar-refractivity contribution in [2.75, 3.05) is 42.4 Å². The molecule has 2 aliphatic rings. The molecule has 3 heterocycles. The van der Waals surface area contributed by atoms with Crippen LogP contribution in [0.5, 0.6) is 0 Å². The number of non-ortho nitro benzene ring substituents is 1. The molecule has 2 aromatic rings. The molecule has 4 rings (SSSR count). The Balaban J connectivity index is 1.55. The van der Waals surface area contributed by atoms with E-state index in [1.165, 1.54) is 12.1 Å². The lowest BCUT2D eigenvalue weighted by Crippen LogP contribution is -2.38. The number of benzene rings is 1. The first-order valence-electron chi connectivity index (χ1n) is 9.21. The Morgan fingerprint density at radius 2 is 2.00 bits per heavy atom. The minimum absolute atomic E-state index is 0.0284. The highest BCUT2D eigenvalue weighted by molar-refractivity contribution is 7.84. The molecule has 1 unspecified atom stereocenters. The summed E-state index contributed by atoms with van der Waals surface area (Å²) >= 11 is 0. The van der Waals surface area contributed by atoms with E-state index in [9.17, 15) is 14.3 Å². The standard InChI is InChI=1S/C18H20N6O4S/c25-24(26)14-3-1-13(2-4-14)11-19-22-18-20-16-5-10-29(27)12-15(16)17(21-18)23-6-8-28-9-7-23/h1-4,11H,5-10,12H2,(H,20,21,22)/b19-11+. The lowest BCUT2D eigenvalue weighted by atomic mass is 10.1. The average molecular weight is 416 g/mol. The quantitative estimate of drug-likeness (QED) is 0.442. The summed E-state index contributed by atoms with van der Waals surface area (Å²) in [6, 6.07) is 6.08. The van der Waals surface area contributed by atoms with Gasteiger partial charge in [-0.25, -0.2) is 10.4 Å². The highest BCUT2D eigenvalue weighted by Gasteiger charge is 2.25. The summed E-state index contributed by atoms with van der Waals surface area (Å²) in [6.45, 7) is 2.70. The van der Waals surface area contributed by atoms with Crippen LogP contribution in [-0.2, 0) is 27.7 Å². The molecule has 0 aliphatic carbocycles. The number of nitro benzene ring substituents is 1. The fraction of sp³-hybridized carbons (Fsp3) is 0.389. The third-order valence-corrected chi connectivity index (χ3v) is 6.01. The third-order valence-electron chi connectivity index (χ3n) is 4.74. The van der Waals surface area contributed by atoms with E-state index < -0.39 is 15.7 Å². The number of ether oxygens (including phenoxy) is 1. The number of aryl methyl sites for hydroxylation is 1. The fourth-order valence-corrected chi connectivity index (χ4v) is 4.43. The van der Waals surface area contributed by atoms with Crippen molar-refractivity contribution < 1.29 is 13.9 Å². The molecule has 29 heavy (non-hydrogen) atoms. The maximum absolute atomic E-state index is 12.1. The largest absolute Gasteiger partial charge is 0.378 e. The van der Waals surface area contributed by atoms with Gasteiger partial charge in [-0.1, -0.05) is 0 Å². The van der Waals surface area contributed by atoms with Crippen LogP contribution >= 0.6 is 0 Å². The van der Waals surface area contributed by atoms with Crippen molar-refractivity contribution in [1.82, 2.24) is 9.97 Å². The number of rotatable bonds is 5. The number of nitrogens with one attached hydrogen (secondary N) is 1. The molecule has 152 valence electrons. The predicted octanol–water partition coefficient (Wildman–Crippen LogP) is 1.47. The van der Waals surface area contributed by atoms with Crippen molar-refractivity contribution in [1.29, 1.82) is 0 Å². The number of fused-ring (bicyclic) bond motifs is 1. The van der Waals surface area contributed by atoms with E-state index in [1.54, 1.807) is 18.3 Å². The van der Waals surface area contributed by atoms with E-state index in [2.05, 4.69) is 25.4 Å². The van der Waals surface area contributed by atoms with Crippen LogP contribution in [0, 0.1) is 10.1 Å². The number of nitrogens with zero attached hydrogens (tertiary/aromatic N) is 5. The molecule has 0 bridgehead atoms. The molecule has 10 nitrogen and oxygen atoms in total. The van der Waals surface area contributed by atoms with Crippen LogP contribution in [0.2, 0.25) is 0 Å².